The van der Waals surface area contributed by atoms with Gasteiger partial charge in [0.05, 0.1) is 0 Å². The van der Waals surface area contributed by atoms with E-state index in [1.807, 2.05) is 11.9 Å². The lowest BCUT2D eigenvalue weighted by atomic mass is 10.2. The van der Waals surface area contributed by atoms with Gasteiger partial charge in [-0.05, 0) is 13.5 Å². The highest BCUT2D eigenvalue weighted by Gasteiger charge is 2.18. The summed E-state index contributed by atoms with van der Waals surface area (Å²) in [6, 6.07) is 1.25. The van der Waals surface area contributed by atoms with Crippen LogP contribution in [0.1, 0.15) is 12.1 Å². The highest BCUT2D eigenvalue weighted by Crippen LogP contribution is 2.04. The Balaban J connectivity index is 1.88. The van der Waals surface area contributed by atoms with Crippen molar-refractivity contribution in [2.45, 2.75) is 12.8 Å². The number of carbonyl (C=O) groups is 1. The number of hydrogen-bond acceptors (Lipinski definition) is 4. The van der Waals surface area contributed by atoms with Crippen molar-refractivity contribution >= 4 is 5.91 Å². The summed E-state index contributed by atoms with van der Waals surface area (Å²) < 4.78 is 0. The average Bonchev–Trinajstić information content (AvgIpc) is 2.40. The summed E-state index contributed by atoms with van der Waals surface area (Å²) >= 11 is 0. The monoisotopic (exact) mass is 266 g/mol. The van der Waals surface area contributed by atoms with Crippen LogP contribution in [0.15, 0.2) is 15.7 Å². The summed E-state index contributed by atoms with van der Waals surface area (Å²) in [5.74, 6) is 0.0835. The summed E-state index contributed by atoms with van der Waals surface area (Å²) in [7, 11) is 2.03. The molecule has 0 atom stereocenters. The fourth-order valence-electron chi connectivity index (χ4n) is 2.05. The number of carbonyl (C=O) groups excluding carboxylic acids is 1. The molecule has 0 aliphatic carbocycles. The third-order valence-corrected chi connectivity index (χ3v) is 3.33. The minimum atomic E-state index is -0.672. The fraction of sp³-hybridized carbons (Fsp3) is 0.583. The number of nitrogens with zero attached hydrogens (tertiary/aromatic N) is 2. The predicted octanol–water partition coefficient (Wildman–Crippen LogP) is -1.23. The molecule has 1 amide bonds. The number of nitrogens with one attached hydrogen (secondary N) is 2. The molecule has 1 aliphatic rings. The van der Waals surface area contributed by atoms with Crippen LogP contribution in [0.3, 0.4) is 0 Å². The van der Waals surface area contributed by atoms with Crippen molar-refractivity contribution in [1.82, 2.24) is 20.0 Å². The van der Waals surface area contributed by atoms with E-state index < -0.39 is 11.0 Å². The first-order chi connectivity index (χ1) is 9.06. The Kier molecular flexibility index (Phi) is 4.16. The largest absolute Gasteiger partial charge is 0.340 e. The normalized spacial score (nSPS) is 16.6. The van der Waals surface area contributed by atoms with Gasteiger partial charge in [0.25, 0.3) is 0 Å². The van der Waals surface area contributed by atoms with Crippen LogP contribution < -0.4 is 11.0 Å². The van der Waals surface area contributed by atoms with E-state index in [4.69, 9.17) is 0 Å². The maximum atomic E-state index is 12.0. The zero-order chi connectivity index (χ0) is 13.8. The third-order valence-electron chi connectivity index (χ3n) is 3.33. The number of aryl methyl sites for hydroxylation is 1. The number of likely N-dealkylation sites (N-methyl/N-ethyl adjacent to an activating group) is 1. The lowest BCUT2D eigenvalue weighted by molar-refractivity contribution is -0.132. The lowest BCUT2D eigenvalue weighted by Crippen LogP contribution is -2.47. The van der Waals surface area contributed by atoms with Crippen molar-refractivity contribution in [1.29, 1.82) is 0 Å². The van der Waals surface area contributed by atoms with Crippen molar-refractivity contribution in [3.05, 3.63) is 32.3 Å². The van der Waals surface area contributed by atoms with Gasteiger partial charge >= 0.3 is 5.56 Å². The maximum Gasteiger partial charge on any atom is 0.310 e. The zero-order valence-corrected chi connectivity index (χ0v) is 10.9. The van der Waals surface area contributed by atoms with Crippen LogP contribution in [0.25, 0.3) is 0 Å². The second kappa shape index (κ2) is 5.83. The molecule has 0 aromatic carbocycles. The summed E-state index contributed by atoms with van der Waals surface area (Å²) in [5, 5.41) is 4.88. The standard InChI is InChI=1S/C12H18N4O3/c1-15-4-6-16(7-5-15)11(18)3-2-9-8-10(17)12(19)14-13-9/h8H,2-7H2,1H3,(H,13,17)(H,14,19). The SMILES string of the molecule is CN1CCN(C(=O)CCc2cc(=O)c(=O)[nH][nH]2)CC1. The van der Waals surface area contributed by atoms with E-state index in [0.29, 0.717) is 18.5 Å². The van der Waals surface area contributed by atoms with E-state index in [1.165, 1.54) is 6.07 Å². The topological polar surface area (TPSA) is 89.3 Å². The molecule has 1 aromatic heterocycles. The van der Waals surface area contributed by atoms with Crippen molar-refractivity contribution in [3.8, 4) is 0 Å². The molecule has 7 nitrogen and oxygen atoms in total. The molecule has 0 spiro atoms. The van der Waals surface area contributed by atoms with E-state index in [0.717, 1.165) is 26.2 Å². The van der Waals surface area contributed by atoms with Gasteiger partial charge in [-0.15, -0.1) is 0 Å². The molecule has 19 heavy (non-hydrogen) atoms. The van der Waals surface area contributed by atoms with Crippen LogP contribution in [0.2, 0.25) is 0 Å². The molecule has 1 fully saturated rings. The molecule has 7 heteroatoms. The predicted molar refractivity (Wildman–Crippen MR) is 70.1 cm³/mol. The van der Waals surface area contributed by atoms with Gasteiger partial charge in [0.15, 0.2) is 0 Å². The van der Waals surface area contributed by atoms with E-state index in [2.05, 4.69) is 15.1 Å². The van der Waals surface area contributed by atoms with Crippen LogP contribution in [-0.2, 0) is 11.2 Å². The Bertz CT molecular complexity index is 555. The van der Waals surface area contributed by atoms with Gasteiger partial charge in [-0.2, -0.15) is 0 Å². The van der Waals surface area contributed by atoms with E-state index in [1.54, 1.807) is 0 Å². The van der Waals surface area contributed by atoms with Crippen LogP contribution in [0, 0.1) is 0 Å². The molecule has 2 heterocycles. The number of H-pyrrole nitrogens is 2. The second-order valence-electron chi connectivity index (χ2n) is 4.80. The molecule has 104 valence electrons. The van der Waals surface area contributed by atoms with Crippen molar-refractivity contribution in [2.24, 2.45) is 0 Å². The lowest BCUT2D eigenvalue weighted by Gasteiger charge is -2.32. The third kappa shape index (κ3) is 3.54. The van der Waals surface area contributed by atoms with Crippen LogP contribution >= 0.6 is 0 Å². The molecule has 0 bridgehead atoms. The van der Waals surface area contributed by atoms with E-state index >= 15 is 0 Å². The number of hydrogen-bond donors (Lipinski definition) is 2. The van der Waals surface area contributed by atoms with Crippen molar-refractivity contribution in [3.63, 3.8) is 0 Å². The smallest absolute Gasteiger partial charge is 0.310 e. The van der Waals surface area contributed by atoms with E-state index in [9.17, 15) is 14.4 Å². The Morgan fingerprint density at radius 1 is 1.21 bits per heavy atom. The molecule has 1 aliphatic heterocycles. The van der Waals surface area contributed by atoms with Gasteiger partial charge < -0.3 is 14.9 Å². The van der Waals surface area contributed by atoms with Gasteiger partial charge in [0.2, 0.25) is 11.3 Å². The second-order valence-corrected chi connectivity index (χ2v) is 4.80. The average molecular weight is 266 g/mol. The number of aromatic nitrogens is 2. The fourth-order valence-corrected chi connectivity index (χ4v) is 2.05. The highest BCUT2D eigenvalue weighted by molar-refractivity contribution is 5.76. The Morgan fingerprint density at radius 3 is 2.53 bits per heavy atom. The maximum absolute atomic E-state index is 12.0. The van der Waals surface area contributed by atoms with Gasteiger partial charge in [-0.25, -0.2) is 0 Å². The van der Waals surface area contributed by atoms with E-state index in [-0.39, 0.29) is 5.91 Å². The van der Waals surface area contributed by atoms with Gasteiger partial charge in [0.1, 0.15) is 0 Å². The Hall–Kier alpha value is -1.89. The molecular weight excluding hydrogens is 248 g/mol. The van der Waals surface area contributed by atoms with Gasteiger partial charge in [-0.3, -0.25) is 19.5 Å². The summed E-state index contributed by atoms with van der Waals surface area (Å²) in [6.07, 6.45) is 0.767. The minimum Gasteiger partial charge on any atom is -0.340 e. The van der Waals surface area contributed by atoms with Crippen LogP contribution in [0.4, 0.5) is 0 Å². The first-order valence-electron chi connectivity index (χ1n) is 6.33. The molecule has 0 saturated carbocycles. The van der Waals surface area contributed by atoms with Crippen LogP contribution in [0.5, 0.6) is 0 Å². The molecule has 1 saturated heterocycles. The van der Waals surface area contributed by atoms with Crippen molar-refractivity contribution < 1.29 is 4.79 Å². The first kappa shape index (κ1) is 13.5. The minimum absolute atomic E-state index is 0.0835. The molecule has 2 rings (SSSR count). The summed E-state index contributed by atoms with van der Waals surface area (Å²) in [6.45, 7) is 3.28. The Labute approximate surface area is 110 Å². The number of amides is 1. The van der Waals surface area contributed by atoms with Gasteiger partial charge in [0, 0.05) is 44.4 Å². The molecular formula is C12H18N4O3. The van der Waals surface area contributed by atoms with Gasteiger partial charge in [-0.1, -0.05) is 0 Å². The highest BCUT2D eigenvalue weighted by atomic mass is 16.2. The molecule has 0 radical (unpaired) electrons. The van der Waals surface area contributed by atoms with Crippen LogP contribution in [-0.4, -0.2) is 59.1 Å². The summed E-state index contributed by atoms with van der Waals surface area (Å²) in [4.78, 5) is 38.1. The molecule has 2 N–H and O–H groups in total. The quantitative estimate of drug-likeness (QED) is 0.670. The summed E-state index contributed by atoms with van der Waals surface area (Å²) in [5.41, 5.74) is -0.679. The number of piperazine rings is 1. The molecule has 0 unspecified atom stereocenters. The number of aromatic amines is 2. The number of rotatable bonds is 3. The molecule has 1 aromatic rings. The zero-order valence-electron chi connectivity index (χ0n) is 10.9. The first-order valence-corrected chi connectivity index (χ1v) is 6.33. The van der Waals surface area contributed by atoms with Crippen molar-refractivity contribution in [2.75, 3.05) is 33.2 Å². The Morgan fingerprint density at radius 2 is 1.89 bits per heavy atom.